The molecule has 0 fully saturated rings. The molecule has 0 aliphatic rings. The summed E-state index contributed by atoms with van der Waals surface area (Å²) in [6.07, 6.45) is 3.33. The van der Waals surface area contributed by atoms with E-state index in [1.54, 1.807) is 7.11 Å². The molecule has 4 heteroatoms. The molecule has 19 heavy (non-hydrogen) atoms. The predicted octanol–water partition coefficient (Wildman–Crippen LogP) is 3.09. The number of para-hydroxylation sites is 1. The van der Waals surface area contributed by atoms with Gasteiger partial charge in [0, 0.05) is 11.9 Å². The molecule has 0 unspecified atom stereocenters. The second-order valence-corrected chi connectivity index (χ2v) is 5.34. The summed E-state index contributed by atoms with van der Waals surface area (Å²) in [5.74, 6) is 2.04. The van der Waals surface area contributed by atoms with Crippen molar-refractivity contribution >= 4 is 22.7 Å². The minimum Gasteiger partial charge on any atom is -0.494 e. The third-order valence-electron chi connectivity index (χ3n) is 2.97. The summed E-state index contributed by atoms with van der Waals surface area (Å²) in [7, 11) is 1.68. The van der Waals surface area contributed by atoms with Crippen molar-refractivity contribution in [2.45, 2.75) is 13.0 Å². The molecular weight excluding hydrogens is 256 g/mol. The van der Waals surface area contributed by atoms with Crippen molar-refractivity contribution in [2.75, 3.05) is 25.7 Å². The average Bonchev–Trinajstić information content (AvgIpc) is 2.46. The van der Waals surface area contributed by atoms with E-state index < -0.39 is 0 Å². The van der Waals surface area contributed by atoms with Gasteiger partial charge in [0.15, 0.2) is 0 Å². The van der Waals surface area contributed by atoms with E-state index in [1.807, 2.05) is 23.9 Å². The van der Waals surface area contributed by atoms with Gasteiger partial charge < -0.3 is 10.1 Å². The molecule has 0 bridgehead atoms. The number of nitrogens with zero attached hydrogens (tertiary/aromatic N) is 1. The number of nitrogens with one attached hydrogen (secondary N) is 1. The quantitative estimate of drug-likeness (QED) is 0.788. The van der Waals surface area contributed by atoms with Crippen LogP contribution in [-0.4, -0.2) is 30.6 Å². The van der Waals surface area contributed by atoms with E-state index in [0.29, 0.717) is 0 Å². The topological polar surface area (TPSA) is 34.1 Å². The Morgan fingerprint density at radius 2 is 2.16 bits per heavy atom. The third kappa shape index (κ3) is 3.85. The van der Waals surface area contributed by atoms with Crippen molar-refractivity contribution in [1.29, 1.82) is 0 Å². The summed E-state index contributed by atoms with van der Waals surface area (Å²) in [5, 5.41) is 4.54. The molecule has 1 heterocycles. The van der Waals surface area contributed by atoms with Crippen LogP contribution in [0.25, 0.3) is 10.9 Å². The van der Waals surface area contributed by atoms with Gasteiger partial charge in [0.1, 0.15) is 11.3 Å². The van der Waals surface area contributed by atoms with Crippen LogP contribution in [0.3, 0.4) is 0 Å². The number of ether oxygens (including phenoxy) is 1. The number of thioether (sulfide) groups is 1. The molecular formula is C15H20N2OS. The Hall–Kier alpha value is -1.26. The molecule has 0 aliphatic carbocycles. The van der Waals surface area contributed by atoms with Gasteiger partial charge in [-0.05, 0) is 37.1 Å². The Morgan fingerprint density at radius 1 is 1.26 bits per heavy atom. The fraction of sp³-hybridized carbons (Fsp3) is 0.400. The monoisotopic (exact) mass is 276 g/mol. The van der Waals surface area contributed by atoms with Crippen LogP contribution in [0.1, 0.15) is 12.1 Å². The fourth-order valence-electron chi connectivity index (χ4n) is 1.98. The molecule has 2 rings (SSSR count). The van der Waals surface area contributed by atoms with Crippen LogP contribution in [-0.2, 0) is 6.54 Å². The number of hydrogen-bond donors (Lipinski definition) is 1. The minimum absolute atomic E-state index is 0.808. The van der Waals surface area contributed by atoms with E-state index in [9.17, 15) is 0 Å². The lowest BCUT2D eigenvalue weighted by Crippen LogP contribution is -2.16. The molecule has 0 amide bonds. The van der Waals surface area contributed by atoms with Crippen LogP contribution in [0.15, 0.2) is 30.3 Å². The maximum absolute atomic E-state index is 5.35. The first-order valence-electron chi connectivity index (χ1n) is 6.47. The summed E-state index contributed by atoms with van der Waals surface area (Å²) in [6, 6.07) is 10.2. The Labute approximate surface area is 118 Å². The van der Waals surface area contributed by atoms with Crippen molar-refractivity contribution in [3.63, 3.8) is 0 Å². The van der Waals surface area contributed by atoms with E-state index in [4.69, 9.17) is 4.74 Å². The molecule has 1 N–H and O–H groups in total. The molecule has 102 valence electrons. The predicted molar refractivity (Wildman–Crippen MR) is 83.0 cm³/mol. The molecule has 0 atom stereocenters. The Bertz CT molecular complexity index is 531. The molecule has 0 aliphatic heterocycles. The highest BCUT2D eigenvalue weighted by atomic mass is 32.2. The zero-order valence-corrected chi connectivity index (χ0v) is 12.3. The number of rotatable bonds is 7. The molecule has 0 saturated carbocycles. The summed E-state index contributed by atoms with van der Waals surface area (Å²) >= 11 is 1.88. The summed E-state index contributed by atoms with van der Waals surface area (Å²) < 4.78 is 5.35. The van der Waals surface area contributed by atoms with Gasteiger partial charge in [0.05, 0.1) is 12.8 Å². The van der Waals surface area contributed by atoms with Gasteiger partial charge in [0.25, 0.3) is 0 Å². The van der Waals surface area contributed by atoms with Gasteiger partial charge >= 0.3 is 0 Å². The van der Waals surface area contributed by atoms with Gasteiger partial charge in [-0.2, -0.15) is 11.8 Å². The van der Waals surface area contributed by atoms with E-state index >= 15 is 0 Å². The molecule has 1 aromatic heterocycles. The van der Waals surface area contributed by atoms with E-state index in [2.05, 4.69) is 34.8 Å². The van der Waals surface area contributed by atoms with Crippen molar-refractivity contribution < 1.29 is 4.74 Å². The first-order valence-corrected chi connectivity index (χ1v) is 7.87. The molecule has 0 radical (unpaired) electrons. The number of methoxy groups -OCH3 is 1. The van der Waals surface area contributed by atoms with E-state index in [-0.39, 0.29) is 0 Å². The summed E-state index contributed by atoms with van der Waals surface area (Å²) in [4.78, 5) is 4.67. The zero-order chi connectivity index (χ0) is 13.5. The van der Waals surface area contributed by atoms with Crippen LogP contribution >= 0.6 is 11.8 Å². The molecule has 2 aromatic rings. The number of benzene rings is 1. The largest absolute Gasteiger partial charge is 0.494 e. The van der Waals surface area contributed by atoms with Crippen LogP contribution in [0, 0.1) is 0 Å². The summed E-state index contributed by atoms with van der Waals surface area (Å²) in [6.45, 7) is 1.84. The Balaban J connectivity index is 2.04. The van der Waals surface area contributed by atoms with Gasteiger partial charge in [-0.1, -0.05) is 18.2 Å². The smallest absolute Gasteiger partial charge is 0.145 e. The van der Waals surface area contributed by atoms with Crippen LogP contribution in [0.4, 0.5) is 0 Å². The second kappa shape index (κ2) is 7.36. The zero-order valence-electron chi connectivity index (χ0n) is 11.5. The van der Waals surface area contributed by atoms with Crippen molar-refractivity contribution in [2.24, 2.45) is 0 Å². The first-order chi connectivity index (χ1) is 9.35. The van der Waals surface area contributed by atoms with Crippen molar-refractivity contribution in [3.8, 4) is 5.75 Å². The molecule has 0 saturated heterocycles. The standard InChI is InChI=1S/C15H20N2OS/c1-18-14-6-3-5-12-7-8-13(17-15(12)14)11-16-9-4-10-19-2/h3,5-8,16H,4,9-11H2,1-2H3. The second-order valence-electron chi connectivity index (χ2n) is 4.36. The molecule has 1 aromatic carbocycles. The Kier molecular flexibility index (Phi) is 5.48. The van der Waals surface area contributed by atoms with E-state index in [1.165, 1.54) is 12.2 Å². The lowest BCUT2D eigenvalue weighted by molar-refractivity contribution is 0.418. The maximum atomic E-state index is 5.35. The lowest BCUT2D eigenvalue weighted by Gasteiger charge is -2.07. The van der Waals surface area contributed by atoms with Crippen LogP contribution in [0.2, 0.25) is 0 Å². The minimum atomic E-state index is 0.808. The number of aromatic nitrogens is 1. The SMILES string of the molecule is COc1cccc2ccc(CNCCCSC)nc12. The highest BCUT2D eigenvalue weighted by Gasteiger charge is 2.03. The normalized spacial score (nSPS) is 10.8. The highest BCUT2D eigenvalue weighted by Crippen LogP contribution is 2.23. The van der Waals surface area contributed by atoms with Gasteiger partial charge in [-0.15, -0.1) is 0 Å². The van der Waals surface area contributed by atoms with Gasteiger partial charge in [0.2, 0.25) is 0 Å². The number of hydrogen-bond acceptors (Lipinski definition) is 4. The lowest BCUT2D eigenvalue weighted by atomic mass is 10.2. The first kappa shape index (κ1) is 14.2. The number of pyridine rings is 1. The van der Waals surface area contributed by atoms with Crippen molar-refractivity contribution in [1.82, 2.24) is 10.3 Å². The van der Waals surface area contributed by atoms with Crippen LogP contribution < -0.4 is 10.1 Å². The maximum Gasteiger partial charge on any atom is 0.145 e. The van der Waals surface area contributed by atoms with Gasteiger partial charge in [-0.25, -0.2) is 4.98 Å². The Morgan fingerprint density at radius 3 is 2.95 bits per heavy atom. The van der Waals surface area contributed by atoms with Crippen molar-refractivity contribution in [3.05, 3.63) is 36.0 Å². The van der Waals surface area contributed by atoms with Crippen LogP contribution in [0.5, 0.6) is 5.75 Å². The average molecular weight is 276 g/mol. The fourth-order valence-corrected chi connectivity index (χ4v) is 2.41. The third-order valence-corrected chi connectivity index (χ3v) is 3.67. The van der Waals surface area contributed by atoms with E-state index in [0.717, 1.165) is 35.4 Å². The molecule has 0 spiro atoms. The summed E-state index contributed by atoms with van der Waals surface area (Å²) in [5.41, 5.74) is 1.99. The van der Waals surface area contributed by atoms with Gasteiger partial charge in [-0.3, -0.25) is 0 Å². The number of fused-ring (bicyclic) bond motifs is 1. The highest BCUT2D eigenvalue weighted by molar-refractivity contribution is 7.98. The molecule has 3 nitrogen and oxygen atoms in total.